The molecule has 0 unspecified atom stereocenters. The molecule has 2 heterocycles. The molecule has 1 N–H and O–H groups in total. The summed E-state index contributed by atoms with van der Waals surface area (Å²) in [7, 11) is -3.72. The van der Waals surface area contributed by atoms with Gasteiger partial charge in [0.25, 0.3) is 0 Å². The third-order valence-electron chi connectivity index (χ3n) is 5.89. The second kappa shape index (κ2) is 8.26. The smallest absolute Gasteiger partial charge is 0.243 e. The number of rotatable bonds is 4. The first kappa shape index (κ1) is 20.5. The Labute approximate surface area is 187 Å². The summed E-state index contributed by atoms with van der Waals surface area (Å²) in [5.74, 6) is -0.0260. The number of phenols is 1. The molecule has 32 heavy (non-hydrogen) atoms. The van der Waals surface area contributed by atoms with Crippen LogP contribution in [0.5, 0.6) is 5.75 Å². The number of phenolic OH excluding ortho intramolecular Hbond substituents is 1. The zero-order valence-electron chi connectivity index (χ0n) is 17.4. The van der Waals surface area contributed by atoms with E-state index in [1.807, 2.05) is 30.3 Å². The predicted octanol–water partition coefficient (Wildman–Crippen LogP) is 4.12. The number of hydrogen-bond acceptors (Lipinski definition) is 5. The number of aromatic nitrogens is 1. The number of piperazine rings is 1. The highest BCUT2D eigenvalue weighted by molar-refractivity contribution is 7.89. The van der Waals surface area contributed by atoms with Crippen molar-refractivity contribution < 1.29 is 13.5 Å². The van der Waals surface area contributed by atoms with Crippen LogP contribution in [0.2, 0.25) is 0 Å². The third-order valence-corrected chi connectivity index (χ3v) is 7.85. The molecule has 0 bridgehead atoms. The Bertz CT molecular complexity index is 1370. The number of sulfonamides is 1. The normalized spacial score (nSPS) is 15.2. The standard InChI is InChI=1S/C25H23N3O3S/c29-23-12-13-24(21-10-6-14-26-25(21)23)32(30,31)28-17-15-27(16-18-28)22-11-5-4-9-20(22)19-7-2-1-3-8-19/h1-14,29H,15-18H2. The van der Waals surface area contributed by atoms with E-state index in [4.69, 9.17) is 0 Å². The lowest BCUT2D eigenvalue weighted by Gasteiger charge is -2.36. The molecule has 0 aliphatic carbocycles. The highest BCUT2D eigenvalue weighted by Gasteiger charge is 2.31. The summed E-state index contributed by atoms with van der Waals surface area (Å²) in [4.78, 5) is 6.57. The Morgan fingerprint density at radius 2 is 1.50 bits per heavy atom. The maximum Gasteiger partial charge on any atom is 0.243 e. The fourth-order valence-electron chi connectivity index (χ4n) is 4.28. The SMILES string of the molecule is O=S(=O)(c1ccc(O)c2ncccc12)N1CCN(c2ccccc2-c2ccccc2)CC1. The summed E-state index contributed by atoms with van der Waals surface area (Å²) < 4.78 is 28.4. The summed E-state index contributed by atoms with van der Waals surface area (Å²) in [5.41, 5.74) is 3.68. The fraction of sp³-hybridized carbons (Fsp3) is 0.160. The van der Waals surface area contributed by atoms with Crippen LogP contribution in [0.3, 0.4) is 0 Å². The number of benzene rings is 3. The third kappa shape index (κ3) is 3.59. The van der Waals surface area contributed by atoms with Gasteiger partial charge in [-0.25, -0.2) is 8.42 Å². The minimum absolute atomic E-state index is 0.0260. The van der Waals surface area contributed by atoms with Crippen LogP contribution in [0.25, 0.3) is 22.0 Å². The van der Waals surface area contributed by atoms with Gasteiger partial charge in [-0.2, -0.15) is 4.31 Å². The van der Waals surface area contributed by atoms with Gasteiger partial charge in [0, 0.05) is 49.0 Å². The van der Waals surface area contributed by atoms with E-state index in [0.29, 0.717) is 37.1 Å². The van der Waals surface area contributed by atoms with E-state index in [1.165, 1.54) is 16.4 Å². The lowest BCUT2D eigenvalue weighted by Crippen LogP contribution is -2.48. The minimum atomic E-state index is -3.72. The first-order chi connectivity index (χ1) is 15.6. The number of anilines is 1. The molecule has 5 rings (SSSR count). The molecule has 1 aliphatic heterocycles. The van der Waals surface area contributed by atoms with Crippen molar-refractivity contribution in [2.24, 2.45) is 0 Å². The van der Waals surface area contributed by atoms with E-state index in [-0.39, 0.29) is 10.6 Å². The highest BCUT2D eigenvalue weighted by Crippen LogP contribution is 2.33. The van der Waals surface area contributed by atoms with Crippen molar-refractivity contribution in [1.82, 2.24) is 9.29 Å². The number of hydrogen-bond donors (Lipinski definition) is 1. The van der Waals surface area contributed by atoms with E-state index in [1.54, 1.807) is 18.3 Å². The Morgan fingerprint density at radius 1 is 0.781 bits per heavy atom. The van der Waals surface area contributed by atoms with Crippen molar-refractivity contribution in [2.75, 3.05) is 31.1 Å². The molecule has 3 aromatic carbocycles. The monoisotopic (exact) mass is 445 g/mol. The molecule has 0 amide bonds. The van der Waals surface area contributed by atoms with E-state index in [0.717, 1.165) is 16.8 Å². The van der Waals surface area contributed by atoms with Crippen molar-refractivity contribution in [3.63, 3.8) is 0 Å². The largest absolute Gasteiger partial charge is 0.506 e. The van der Waals surface area contributed by atoms with Gasteiger partial charge in [-0.3, -0.25) is 4.98 Å². The number of nitrogens with zero attached hydrogens (tertiary/aromatic N) is 3. The van der Waals surface area contributed by atoms with Gasteiger partial charge >= 0.3 is 0 Å². The van der Waals surface area contributed by atoms with Crippen LogP contribution in [0.15, 0.2) is 90.0 Å². The Kier molecular flexibility index (Phi) is 5.28. The molecule has 0 atom stereocenters. The quantitative estimate of drug-likeness (QED) is 0.512. The van der Waals surface area contributed by atoms with Gasteiger partial charge in [-0.1, -0.05) is 48.5 Å². The van der Waals surface area contributed by atoms with E-state index in [2.05, 4.69) is 34.1 Å². The van der Waals surface area contributed by atoms with Gasteiger partial charge in [0.15, 0.2) is 0 Å². The summed E-state index contributed by atoms with van der Waals surface area (Å²) >= 11 is 0. The topological polar surface area (TPSA) is 73.7 Å². The predicted molar refractivity (Wildman–Crippen MR) is 126 cm³/mol. The van der Waals surface area contributed by atoms with Crippen molar-refractivity contribution in [3.8, 4) is 16.9 Å². The summed E-state index contributed by atoms with van der Waals surface area (Å²) in [6.07, 6.45) is 1.54. The Balaban J connectivity index is 1.41. The molecule has 1 fully saturated rings. The van der Waals surface area contributed by atoms with Crippen molar-refractivity contribution in [2.45, 2.75) is 4.90 Å². The number of para-hydroxylation sites is 1. The van der Waals surface area contributed by atoms with Crippen LogP contribution in [0.4, 0.5) is 5.69 Å². The number of fused-ring (bicyclic) bond motifs is 1. The summed E-state index contributed by atoms with van der Waals surface area (Å²) in [5, 5.41) is 10.5. The molecule has 162 valence electrons. The Morgan fingerprint density at radius 3 is 2.28 bits per heavy atom. The van der Waals surface area contributed by atoms with Gasteiger partial charge in [-0.05, 0) is 35.9 Å². The second-order valence-corrected chi connectivity index (χ2v) is 9.66. The van der Waals surface area contributed by atoms with Crippen molar-refractivity contribution in [3.05, 3.63) is 85.1 Å². The molecule has 6 nitrogen and oxygen atoms in total. The van der Waals surface area contributed by atoms with Gasteiger partial charge in [-0.15, -0.1) is 0 Å². The van der Waals surface area contributed by atoms with Gasteiger partial charge in [0.2, 0.25) is 10.0 Å². The maximum atomic E-state index is 13.4. The molecule has 7 heteroatoms. The van der Waals surface area contributed by atoms with Crippen molar-refractivity contribution >= 4 is 26.6 Å². The van der Waals surface area contributed by atoms with Crippen LogP contribution in [0.1, 0.15) is 0 Å². The van der Waals surface area contributed by atoms with Crippen LogP contribution in [-0.2, 0) is 10.0 Å². The first-order valence-corrected chi connectivity index (χ1v) is 12.0. The second-order valence-electron chi connectivity index (χ2n) is 7.76. The van der Waals surface area contributed by atoms with E-state index in [9.17, 15) is 13.5 Å². The highest BCUT2D eigenvalue weighted by atomic mass is 32.2. The molecule has 1 aromatic heterocycles. The lowest BCUT2D eigenvalue weighted by atomic mass is 10.0. The summed E-state index contributed by atoms with van der Waals surface area (Å²) in [6.45, 7) is 1.96. The molecule has 0 radical (unpaired) electrons. The molecule has 4 aromatic rings. The average molecular weight is 446 g/mol. The van der Waals surface area contributed by atoms with Crippen LogP contribution in [-0.4, -0.2) is 49.0 Å². The first-order valence-electron chi connectivity index (χ1n) is 10.5. The van der Waals surface area contributed by atoms with Crippen LogP contribution >= 0.6 is 0 Å². The molecule has 1 aliphatic rings. The average Bonchev–Trinajstić information content (AvgIpc) is 2.85. The molecule has 0 spiro atoms. The zero-order chi connectivity index (χ0) is 22.1. The maximum absolute atomic E-state index is 13.4. The lowest BCUT2D eigenvalue weighted by molar-refractivity contribution is 0.385. The molecular formula is C25H23N3O3S. The van der Waals surface area contributed by atoms with Gasteiger partial charge in [0.1, 0.15) is 11.3 Å². The van der Waals surface area contributed by atoms with Gasteiger partial charge in [0.05, 0.1) is 4.90 Å². The Hall–Kier alpha value is -3.42. The van der Waals surface area contributed by atoms with E-state index >= 15 is 0 Å². The molecular weight excluding hydrogens is 422 g/mol. The van der Waals surface area contributed by atoms with Crippen LogP contribution in [0, 0.1) is 0 Å². The zero-order valence-corrected chi connectivity index (χ0v) is 18.2. The fourth-order valence-corrected chi connectivity index (χ4v) is 5.88. The number of aromatic hydroxyl groups is 1. The van der Waals surface area contributed by atoms with Gasteiger partial charge < -0.3 is 10.0 Å². The number of pyridine rings is 1. The summed E-state index contributed by atoms with van der Waals surface area (Å²) in [6, 6.07) is 24.7. The molecule has 1 saturated heterocycles. The van der Waals surface area contributed by atoms with E-state index < -0.39 is 10.0 Å². The molecule has 0 saturated carbocycles. The van der Waals surface area contributed by atoms with Crippen LogP contribution < -0.4 is 4.90 Å². The van der Waals surface area contributed by atoms with Crippen molar-refractivity contribution in [1.29, 1.82) is 0 Å². The minimum Gasteiger partial charge on any atom is -0.506 e.